The predicted molar refractivity (Wildman–Crippen MR) is 68.7 cm³/mol. The van der Waals surface area contributed by atoms with Crippen molar-refractivity contribution in [2.45, 2.75) is 0 Å². The summed E-state index contributed by atoms with van der Waals surface area (Å²) in [5.41, 5.74) is -1.15. The number of aromatic nitrogens is 1. The smallest absolute Gasteiger partial charge is 0.337 e. The Balaban J connectivity index is 2.23. The fourth-order valence-corrected chi connectivity index (χ4v) is 2.19. The highest BCUT2D eigenvalue weighted by Crippen LogP contribution is 2.31. The monoisotopic (exact) mass is 286 g/mol. The number of para-hydroxylation sites is 1. The number of carbonyl (C=O) groups is 3. The Morgan fingerprint density at radius 2 is 1.90 bits per heavy atom. The summed E-state index contributed by atoms with van der Waals surface area (Å²) in [5.74, 6) is -4.04. The number of fused-ring (bicyclic) bond motifs is 1. The third-order valence-corrected chi connectivity index (χ3v) is 3.09. The van der Waals surface area contributed by atoms with Crippen LogP contribution in [0.5, 0.6) is 0 Å². The second kappa shape index (κ2) is 4.48. The summed E-state index contributed by atoms with van der Waals surface area (Å²) in [5, 5.41) is 9.11. The Kier molecular flexibility index (Phi) is 2.76. The van der Waals surface area contributed by atoms with E-state index in [1.54, 1.807) is 0 Å². The van der Waals surface area contributed by atoms with E-state index < -0.39 is 34.9 Å². The minimum absolute atomic E-state index is 0.0158. The van der Waals surface area contributed by atoms with E-state index in [-0.39, 0.29) is 11.3 Å². The van der Waals surface area contributed by atoms with Crippen molar-refractivity contribution in [2.75, 3.05) is 4.90 Å². The summed E-state index contributed by atoms with van der Waals surface area (Å²) >= 11 is 0. The van der Waals surface area contributed by atoms with Crippen LogP contribution in [-0.4, -0.2) is 27.9 Å². The average molecular weight is 286 g/mol. The molecule has 0 saturated carbocycles. The van der Waals surface area contributed by atoms with Crippen LogP contribution >= 0.6 is 0 Å². The van der Waals surface area contributed by atoms with Crippen LogP contribution in [0.1, 0.15) is 31.2 Å². The van der Waals surface area contributed by atoms with Gasteiger partial charge in [-0.2, -0.15) is 0 Å². The maximum atomic E-state index is 14.0. The Labute approximate surface area is 117 Å². The maximum absolute atomic E-state index is 14.0. The van der Waals surface area contributed by atoms with E-state index in [0.717, 1.165) is 12.1 Å². The number of imide groups is 1. The molecular weight excluding hydrogens is 279 g/mol. The number of rotatable bonds is 2. The van der Waals surface area contributed by atoms with Gasteiger partial charge >= 0.3 is 5.97 Å². The van der Waals surface area contributed by atoms with Crippen LogP contribution in [-0.2, 0) is 0 Å². The van der Waals surface area contributed by atoms with Gasteiger partial charge in [0, 0.05) is 6.20 Å². The molecule has 1 aliphatic heterocycles. The quantitative estimate of drug-likeness (QED) is 0.849. The molecule has 2 amide bonds. The molecule has 0 fully saturated rings. The van der Waals surface area contributed by atoms with Crippen LogP contribution in [0.15, 0.2) is 36.5 Å². The minimum Gasteiger partial charge on any atom is -0.478 e. The molecule has 2 heterocycles. The molecular formula is C14H7FN2O4. The van der Waals surface area contributed by atoms with E-state index in [1.165, 1.54) is 24.4 Å². The number of carboxylic acid groups (broad SMARTS) is 1. The molecule has 0 aliphatic carbocycles. The number of pyridine rings is 1. The topological polar surface area (TPSA) is 87.6 Å². The number of aromatic carboxylic acids is 1. The lowest BCUT2D eigenvalue weighted by Crippen LogP contribution is -2.32. The molecule has 21 heavy (non-hydrogen) atoms. The first-order valence-corrected chi connectivity index (χ1v) is 5.88. The van der Waals surface area contributed by atoms with Crippen molar-refractivity contribution >= 4 is 23.5 Å². The number of hydrogen-bond donors (Lipinski definition) is 1. The molecule has 1 aromatic carbocycles. The number of benzene rings is 1. The lowest BCUT2D eigenvalue weighted by molar-refractivity contribution is 0.0697. The molecule has 0 saturated heterocycles. The zero-order chi connectivity index (χ0) is 15.1. The Hall–Kier alpha value is -3.09. The average Bonchev–Trinajstić information content (AvgIpc) is 2.72. The highest BCUT2D eigenvalue weighted by Gasteiger charge is 2.40. The van der Waals surface area contributed by atoms with Crippen LogP contribution in [0.4, 0.5) is 10.1 Å². The molecule has 3 rings (SSSR count). The van der Waals surface area contributed by atoms with Gasteiger partial charge in [0.1, 0.15) is 17.2 Å². The van der Waals surface area contributed by atoms with Gasteiger partial charge < -0.3 is 5.11 Å². The first kappa shape index (κ1) is 12.9. The third-order valence-electron chi connectivity index (χ3n) is 3.09. The SMILES string of the molecule is O=C(O)c1cccc(F)c1N1C(=O)c2cccnc2C1=O. The van der Waals surface area contributed by atoms with Crippen LogP contribution < -0.4 is 4.90 Å². The maximum Gasteiger partial charge on any atom is 0.337 e. The summed E-state index contributed by atoms with van der Waals surface area (Å²) in [6.07, 6.45) is 1.33. The number of carboxylic acids is 1. The van der Waals surface area contributed by atoms with Gasteiger partial charge in [-0.3, -0.25) is 14.6 Å². The Morgan fingerprint density at radius 1 is 1.14 bits per heavy atom. The van der Waals surface area contributed by atoms with E-state index >= 15 is 0 Å². The van der Waals surface area contributed by atoms with Crippen LogP contribution in [0.3, 0.4) is 0 Å². The van der Waals surface area contributed by atoms with E-state index in [9.17, 15) is 18.8 Å². The van der Waals surface area contributed by atoms with E-state index in [1.807, 2.05) is 0 Å². The first-order valence-electron chi connectivity index (χ1n) is 5.88. The number of carbonyl (C=O) groups excluding carboxylic acids is 2. The van der Waals surface area contributed by atoms with Gasteiger partial charge in [-0.25, -0.2) is 14.1 Å². The third kappa shape index (κ3) is 1.78. The van der Waals surface area contributed by atoms with Crippen molar-refractivity contribution in [2.24, 2.45) is 0 Å². The second-order valence-electron chi connectivity index (χ2n) is 4.29. The number of amides is 2. The fraction of sp³-hybridized carbons (Fsp3) is 0. The molecule has 1 N–H and O–H groups in total. The van der Waals surface area contributed by atoms with E-state index in [4.69, 9.17) is 5.11 Å². The van der Waals surface area contributed by atoms with Crippen molar-refractivity contribution in [3.8, 4) is 0 Å². The van der Waals surface area contributed by atoms with Gasteiger partial charge in [-0.05, 0) is 24.3 Å². The molecule has 6 nitrogen and oxygen atoms in total. The fourth-order valence-electron chi connectivity index (χ4n) is 2.19. The van der Waals surface area contributed by atoms with E-state index in [2.05, 4.69) is 4.98 Å². The lowest BCUT2D eigenvalue weighted by atomic mass is 10.1. The Bertz CT molecular complexity index is 768. The highest BCUT2D eigenvalue weighted by atomic mass is 19.1. The first-order chi connectivity index (χ1) is 10.0. The van der Waals surface area contributed by atoms with Crippen molar-refractivity contribution < 1.29 is 23.9 Å². The normalized spacial score (nSPS) is 13.5. The van der Waals surface area contributed by atoms with Crippen LogP contribution in [0.25, 0.3) is 0 Å². The zero-order valence-corrected chi connectivity index (χ0v) is 10.4. The summed E-state index contributed by atoms with van der Waals surface area (Å²) < 4.78 is 14.0. The molecule has 104 valence electrons. The predicted octanol–water partition coefficient (Wildman–Crippen LogP) is 1.72. The van der Waals surface area contributed by atoms with Gasteiger partial charge in [-0.1, -0.05) is 6.07 Å². The molecule has 0 spiro atoms. The number of anilines is 1. The van der Waals surface area contributed by atoms with Crippen molar-refractivity contribution in [3.05, 3.63) is 59.2 Å². The van der Waals surface area contributed by atoms with Crippen molar-refractivity contribution in [1.29, 1.82) is 0 Å². The minimum atomic E-state index is -1.44. The molecule has 0 bridgehead atoms. The van der Waals surface area contributed by atoms with Crippen molar-refractivity contribution in [3.63, 3.8) is 0 Å². The number of hydrogen-bond acceptors (Lipinski definition) is 4. The molecule has 2 aromatic rings. The molecule has 1 aromatic heterocycles. The van der Waals surface area contributed by atoms with Gasteiger partial charge in [0.05, 0.1) is 11.1 Å². The van der Waals surface area contributed by atoms with Crippen molar-refractivity contribution in [1.82, 2.24) is 4.98 Å². The van der Waals surface area contributed by atoms with Gasteiger partial charge in [0.25, 0.3) is 11.8 Å². The number of nitrogens with zero attached hydrogens (tertiary/aromatic N) is 2. The molecule has 7 heteroatoms. The summed E-state index contributed by atoms with van der Waals surface area (Å²) in [6, 6.07) is 6.14. The second-order valence-corrected chi connectivity index (χ2v) is 4.29. The summed E-state index contributed by atoms with van der Waals surface area (Å²) in [6.45, 7) is 0. The van der Waals surface area contributed by atoms with Gasteiger partial charge in [-0.15, -0.1) is 0 Å². The lowest BCUT2D eigenvalue weighted by Gasteiger charge is -2.16. The summed E-state index contributed by atoms with van der Waals surface area (Å²) in [7, 11) is 0. The standard InChI is InChI=1S/C14H7FN2O4/c15-9-5-1-3-8(14(20)21)11(9)17-12(18)7-4-2-6-16-10(7)13(17)19/h1-6H,(H,20,21). The Morgan fingerprint density at radius 3 is 2.57 bits per heavy atom. The highest BCUT2D eigenvalue weighted by molar-refractivity contribution is 6.34. The van der Waals surface area contributed by atoms with Crippen LogP contribution in [0.2, 0.25) is 0 Å². The molecule has 0 unspecified atom stereocenters. The molecule has 1 aliphatic rings. The van der Waals surface area contributed by atoms with Crippen LogP contribution in [0, 0.1) is 5.82 Å². The molecule has 0 radical (unpaired) electrons. The summed E-state index contributed by atoms with van der Waals surface area (Å²) in [4.78, 5) is 39.9. The number of halogens is 1. The largest absolute Gasteiger partial charge is 0.478 e. The zero-order valence-electron chi connectivity index (χ0n) is 10.4. The van der Waals surface area contributed by atoms with Gasteiger partial charge in [0.15, 0.2) is 0 Å². The molecule has 0 atom stereocenters. The van der Waals surface area contributed by atoms with Gasteiger partial charge in [0.2, 0.25) is 0 Å². The van der Waals surface area contributed by atoms with E-state index in [0.29, 0.717) is 4.90 Å².